The van der Waals surface area contributed by atoms with Gasteiger partial charge in [0, 0.05) is 0 Å². The second-order valence-corrected chi connectivity index (χ2v) is 4.98. The lowest BCUT2D eigenvalue weighted by atomic mass is 9.72. The fourth-order valence-electron chi connectivity index (χ4n) is 2.27. The third-order valence-electron chi connectivity index (χ3n) is 3.81. The molecule has 3 unspecified atom stereocenters. The maximum atomic E-state index is 13.5. The molecule has 0 amide bonds. The molecular formula is C14H19F3O2. The Labute approximate surface area is 111 Å². The van der Waals surface area contributed by atoms with Crippen molar-refractivity contribution in [1.29, 1.82) is 0 Å². The fraction of sp³-hybridized carbons (Fsp3) is 0.571. The molecule has 3 atom stereocenters. The van der Waals surface area contributed by atoms with Gasteiger partial charge < -0.3 is 0 Å². The minimum absolute atomic E-state index is 0.0850. The topological polar surface area (TPSA) is 29.5 Å². The van der Waals surface area contributed by atoms with Crippen LogP contribution in [0.5, 0.6) is 0 Å². The van der Waals surface area contributed by atoms with E-state index in [2.05, 4.69) is 4.89 Å². The first-order valence-corrected chi connectivity index (χ1v) is 6.21. The molecule has 0 saturated heterocycles. The lowest BCUT2D eigenvalue weighted by molar-refractivity contribution is -0.336. The summed E-state index contributed by atoms with van der Waals surface area (Å²) in [6, 6.07) is 7.55. The molecule has 0 aliphatic carbocycles. The minimum atomic E-state index is -4.52. The van der Waals surface area contributed by atoms with Crippen LogP contribution in [0.2, 0.25) is 0 Å². The van der Waals surface area contributed by atoms with Crippen molar-refractivity contribution in [2.45, 2.75) is 44.9 Å². The summed E-state index contributed by atoms with van der Waals surface area (Å²) in [5, 5.41) is 8.99. The van der Waals surface area contributed by atoms with E-state index in [0.717, 1.165) is 6.92 Å². The molecule has 1 rings (SSSR count). The zero-order valence-corrected chi connectivity index (χ0v) is 11.2. The molecule has 2 nitrogen and oxygen atoms in total. The Morgan fingerprint density at radius 1 is 1.21 bits per heavy atom. The van der Waals surface area contributed by atoms with E-state index in [0.29, 0.717) is 6.42 Å². The first-order valence-electron chi connectivity index (χ1n) is 6.21. The van der Waals surface area contributed by atoms with Crippen LogP contribution in [0.15, 0.2) is 30.3 Å². The Balaban J connectivity index is 3.36. The highest BCUT2D eigenvalue weighted by molar-refractivity contribution is 5.28. The molecule has 5 heteroatoms. The molecule has 19 heavy (non-hydrogen) atoms. The molecule has 1 N–H and O–H groups in total. The maximum Gasteiger partial charge on any atom is 0.400 e. The number of benzene rings is 1. The molecular weight excluding hydrogens is 257 g/mol. The molecule has 0 aliphatic heterocycles. The number of halogens is 3. The van der Waals surface area contributed by atoms with Crippen molar-refractivity contribution in [2.75, 3.05) is 0 Å². The standard InChI is InChI=1S/C14H19F3O2/c1-4-10(2)12(19-18)13(3,14(15,16)17)11-8-6-5-7-9-11/h5-10,12,18H,4H2,1-3H3. The van der Waals surface area contributed by atoms with Gasteiger partial charge in [0.1, 0.15) is 11.5 Å². The first-order chi connectivity index (χ1) is 8.79. The minimum Gasteiger partial charge on any atom is -0.251 e. The normalized spacial score (nSPS) is 18.7. The third-order valence-corrected chi connectivity index (χ3v) is 3.81. The van der Waals surface area contributed by atoms with E-state index in [-0.39, 0.29) is 5.56 Å². The van der Waals surface area contributed by atoms with E-state index < -0.39 is 23.6 Å². The highest BCUT2D eigenvalue weighted by Crippen LogP contribution is 2.46. The Morgan fingerprint density at radius 2 is 1.74 bits per heavy atom. The summed E-state index contributed by atoms with van der Waals surface area (Å²) in [7, 11) is 0. The number of hydrogen-bond donors (Lipinski definition) is 1. The van der Waals surface area contributed by atoms with Gasteiger partial charge in [0.05, 0.1) is 0 Å². The maximum absolute atomic E-state index is 13.5. The van der Waals surface area contributed by atoms with Crippen molar-refractivity contribution in [3.8, 4) is 0 Å². The molecule has 1 aromatic rings. The van der Waals surface area contributed by atoms with Gasteiger partial charge >= 0.3 is 6.18 Å². The largest absolute Gasteiger partial charge is 0.400 e. The molecule has 0 aromatic heterocycles. The van der Waals surface area contributed by atoms with Crippen molar-refractivity contribution in [3.05, 3.63) is 35.9 Å². The quantitative estimate of drug-likeness (QED) is 0.637. The predicted octanol–water partition coefficient (Wildman–Crippen LogP) is 4.41. The van der Waals surface area contributed by atoms with Gasteiger partial charge in [0.25, 0.3) is 0 Å². The number of hydrogen-bond acceptors (Lipinski definition) is 2. The van der Waals surface area contributed by atoms with Crippen LogP contribution in [0, 0.1) is 5.92 Å². The Kier molecular flexibility index (Phi) is 4.98. The summed E-state index contributed by atoms with van der Waals surface area (Å²) in [6.45, 7) is 4.46. The van der Waals surface area contributed by atoms with Gasteiger partial charge in [-0.2, -0.15) is 13.2 Å². The second kappa shape index (κ2) is 5.92. The lowest BCUT2D eigenvalue weighted by Gasteiger charge is -2.40. The van der Waals surface area contributed by atoms with Crippen molar-refractivity contribution in [3.63, 3.8) is 0 Å². The van der Waals surface area contributed by atoms with Crippen LogP contribution in [0.4, 0.5) is 13.2 Å². The molecule has 1 aromatic carbocycles. The highest BCUT2D eigenvalue weighted by atomic mass is 19.4. The van der Waals surface area contributed by atoms with Crippen LogP contribution in [-0.2, 0) is 10.3 Å². The zero-order valence-electron chi connectivity index (χ0n) is 11.2. The van der Waals surface area contributed by atoms with Crippen LogP contribution in [0.25, 0.3) is 0 Å². The Morgan fingerprint density at radius 3 is 2.11 bits per heavy atom. The predicted molar refractivity (Wildman–Crippen MR) is 66.8 cm³/mol. The first kappa shape index (κ1) is 16.0. The third kappa shape index (κ3) is 2.92. The van der Waals surface area contributed by atoms with Gasteiger partial charge in [0.15, 0.2) is 0 Å². The summed E-state index contributed by atoms with van der Waals surface area (Å²) >= 11 is 0. The molecule has 0 aliphatic rings. The van der Waals surface area contributed by atoms with Crippen LogP contribution in [0.3, 0.4) is 0 Å². The van der Waals surface area contributed by atoms with E-state index in [9.17, 15) is 13.2 Å². The van der Waals surface area contributed by atoms with Crippen molar-refractivity contribution >= 4 is 0 Å². The number of rotatable bonds is 5. The average Bonchev–Trinajstić information content (AvgIpc) is 2.38. The molecule has 0 bridgehead atoms. The smallest absolute Gasteiger partial charge is 0.251 e. The van der Waals surface area contributed by atoms with Gasteiger partial charge in [-0.05, 0) is 18.4 Å². The highest BCUT2D eigenvalue weighted by Gasteiger charge is 2.59. The van der Waals surface area contributed by atoms with Crippen LogP contribution in [0.1, 0.15) is 32.8 Å². The molecule has 0 heterocycles. The van der Waals surface area contributed by atoms with E-state index in [1.54, 1.807) is 32.0 Å². The molecule has 0 fully saturated rings. The SMILES string of the molecule is CCC(C)C(OO)C(C)(c1ccccc1)C(F)(F)F. The van der Waals surface area contributed by atoms with E-state index in [1.807, 2.05) is 0 Å². The van der Waals surface area contributed by atoms with Gasteiger partial charge in [-0.3, -0.25) is 5.26 Å². The van der Waals surface area contributed by atoms with Gasteiger partial charge in [-0.15, -0.1) is 0 Å². The Bertz CT molecular complexity index is 391. The summed E-state index contributed by atoms with van der Waals surface area (Å²) in [5.41, 5.74) is -2.17. The van der Waals surface area contributed by atoms with E-state index in [1.165, 1.54) is 12.1 Å². The number of alkyl halides is 3. The lowest BCUT2D eigenvalue weighted by Crippen LogP contribution is -2.52. The fourth-order valence-corrected chi connectivity index (χ4v) is 2.27. The van der Waals surface area contributed by atoms with Gasteiger partial charge in [-0.25, -0.2) is 4.89 Å². The molecule has 0 saturated carbocycles. The summed E-state index contributed by atoms with van der Waals surface area (Å²) in [4.78, 5) is 4.23. The molecule has 108 valence electrons. The molecule has 0 spiro atoms. The summed E-state index contributed by atoms with van der Waals surface area (Å²) in [5.74, 6) is -0.433. The van der Waals surface area contributed by atoms with Crippen molar-refractivity contribution in [2.24, 2.45) is 5.92 Å². The summed E-state index contributed by atoms with van der Waals surface area (Å²) in [6.07, 6.45) is -5.39. The van der Waals surface area contributed by atoms with E-state index in [4.69, 9.17) is 5.26 Å². The van der Waals surface area contributed by atoms with Crippen LogP contribution in [-0.4, -0.2) is 17.5 Å². The second-order valence-electron chi connectivity index (χ2n) is 4.98. The average molecular weight is 276 g/mol. The van der Waals surface area contributed by atoms with Gasteiger partial charge in [-0.1, -0.05) is 50.6 Å². The van der Waals surface area contributed by atoms with Gasteiger partial charge in [0.2, 0.25) is 0 Å². The zero-order chi connectivity index (χ0) is 14.7. The summed E-state index contributed by atoms with van der Waals surface area (Å²) < 4.78 is 40.6. The van der Waals surface area contributed by atoms with Crippen molar-refractivity contribution < 1.29 is 23.3 Å². The van der Waals surface area contributed by atoms with Crippen LogP contribution < -0.4 is 0 Å². The van der Waals surface area contributed by atoms with Crippen molar-refractivity contribution in [1.82, 2.24) is 0 Å². The monoisotopic (exact) mass is 276 g/mol. The Hall–Kier alpha value is -1.07. The van der Waals surface area contributed by atoms with E-state index >= 15 is 0 Å². The molecule has 0 radical (unpaired) electrons. The van der Waals surface area contributed by atoms with Crippen LogP contribution >= 0.6 is 0 Å².